The fraction of sp³-hybridized carbons (Fsp3) is 0.467. The Hall–Kier alpha value is -0.800. The Morgan fingerprint density at radius 3 is 2.67 bits per heavy atom. The van der Waals surface area contributed by atoms with Crippen LogP contribution in [0.25, 0.3) is 11.0 Å². The van der Waals surface area contributed by atoms with Gasteiger partial charge in [-0.15, -0.1) is 0 Å². The zero-order valence-electron chi connectivity index (χ0n) is 11.4. The monoisotopic (exact) mass is 309 g/mol. The first-order chi connectivity index (χ1) is 8.37. The molecular weight excluding hydrogens is 290 g/mol. The van der Waals surface area contributed by atoms with Gasteiger partial charge in [0.25, 0.3) is 0 Å². The van der Waals surface area contributed by atoms with Crippen LogP contribution < -0.4 is 5.32 Å². The molecule has 0 spiro atoms. The van der Waals surface area contributed by atoms with Gasteiger partial charge in [-0.3, -0.25) is 0 Å². The summed E-state index contributed by atoms with van der Waals surface area (Å²) in [5, 5.41) is 4.72. The molecule has 2 nitrogen and oxygen atoms in total. The Balaban J connectivity index is 2.19. The standard InChI is InChI=1S/C15H20BrNO/c1-10-7-12(16)8-13-11(9-18-14(10)13)5-6-17-15(2,3)4/h7-9,17H,5-6H2,1-4H3. The summed E-state index contributed by atoms with van der Waals surface area (Å²) in [7, 11) is 0. The van der Waals surface area contributed by atoms with Crippen LogP contribution in [0.1, 0.15) is 31.9 Å². The summed E-state index contributed by atoms with van der Waals surface area (Å²) in [5.41, 5.74) is 3.61. The van der Waals surface area contributed by atoms with Crippen LogP contribution in [0, 0.1) is 6.92 Å². The summed E-state index contributed by atoms with van der Waals surface area (Å²) < 4.78 is 6.78. The molecule has 0 saturated carbocycles. The van der Waals surface area contributed by atoms with Crippen molar-refractivity contribution >= 4 is 26.9 Å². The topological polar surface area (TPSA) is 25.2 Å². The van der Waals surface area contributed by atoms with Crippen molar-refractivity contribution in [1.29, 1.82) is 0 Å². The number of furan rings is 1. The predicted molar refractivity (Wildman–Crippen MR) is 80.1 cm³/mol. The number of rotatable bonds is 3. The third kappa shape index (κ3) is 3.15. The van der Waals surface area contributed by atoms with Gasteiger partial charge in [-0.25, -0.2) is 0 Å². The van der Waals surface area contributed by atoms with Crippen LogP contribution in [0.2, 0.25) is 0 Å². The molecule has 1 N–H and O–H groups in total. The Kier molecular flexibility index (Phi) is 3.83. The summed E-state index contributed by atoms with van der Waals surface area (Å²) in [6.45, 7) is 9.58. The van der Waals surface area contributed by atoms with Gasteiger partial charge in [-0.1, -0.05) is 15.9 Å². The highest BCUT2D eigenvalue weighted by Gasteiger charge is 2.11. The average Bonchev–Trinajstić information content (AvgIpc) is 2.60. The number of halogens is 1. The molecule has 2 rings (SSSR count). The first-order valence-corrected chi connectivity index (χ1v) is 7.07. The number of aryl methyl sites for hydroxylation is 1. The van der Waals surface area contributed by atoms with Crippen molar-refractivity contribution in [1.82, 2.24) is 5.32 Å². The first-order valence-electron chi connectivity index (χ1n) is 6.28. The molecule has 0 atom stereocenters. The molecule has 0 aliphatic heterocycles. The SMILES string of the molecule is Cc1cc(Br)cc2c(CCNC(C)(C)C)coc12. The highest BCUT2D eigenvalue weighted by molar-refractivity contribution is 9.10. The van der Waals surface area contributed by atoms with E-state index in [1.54, 1.807) is 0 Å². The number of hydrogen-bond donors (Lipinski definition) is 1. The van der Waals surface area contributed by atoms with E-state index in [0.29, 0.717) is 0 Å². The van der Waals surface area contributed by atoms with Gasteiger partial charge in [-0.05, 0) is 63.9 Å². The minimum atomic E-state index is 0.163. The van der Waals surface area contributed by atoms with Crippen molar-refractivity contribution in [2.45, 2.75) is 39.7 Å². The molecule has 18 heavy (non-hydrogen) atoms. The molecule has 0 radical (unpaired) electrons. The molecule has 1 aromatic carbocycles. The zero-order valence-corrected chi connectivity index (χ0v) is 13.0. The van der Waals surface area contributed by atoms with Crippen LogP contribution in [0.3, 0.4) is 0 Å². The third-order valence-corrected chi connectivity index (χ3v) is 3.41. The number of fused-ring (bicyclic) bond motifs is 1. The number of benzene rings is 1. The molecule has 0 unspecified atom stereocenters. The van der Waals surface area contributed by atoms with Gasteiger partial charge in [0.15, 0.2) is 0 Å². The lowest BCUT2D eigenvalue weighted by Gasteiger charge is -2.20. The minimum Gasteiger partial charge on any atom is -0.464 e. The lowest BCUT2D eigenvalue weighted by atomic mass is 10.1. The molecule has 0 aliphatic carbocycles. The lowest BCUT2D eigenvalue weighted by Crippen LogP contribution is -2.37. The molecule has 1 heterocycles. The second kappa shape index (κ2) is 5.06. The van der Waals surface area contributed by atoms with Crippen molar-refractivity contribution in [3.05, 3.63) is 34.0 Å². The van der Waals surface area contributed by atoms with E-state index < -0.39 is 0 Å². The van der Waals surface area contributed by atoms with Crippen LogP contribution in [0.5, 0.6) is 0 Å². The minimum absolute atomic E-state index is 0.163. The molecule has 2 aromatic rings. The van der Waals surface area contributed by atoms with E-state index in [0.717, 1.165) is 23.0 Å². The van der Waals surface area contributed by atoms with Gasteiger partial charge in [0.05, 0.1) is 6.26 Å². The van der Waals surface area contributed by atoms with E-state index in [2.05, 4.69) is 61.1 Å². The van der Waals surface area contributed by atoms with E-state index in [4.69, 9.17) is 4.42 Å². The summed E-state index contributed by atoms with van der Waals surface area (Å²) >= 11 is 3.54. The Bertz CT molecular complexity index is 551. The average molecular weight is 310 g/mol. The maximum Gasteiger partial charge on any atom is 0.137 e. The van der Waals surface area contributed by atoms with Crippen molar-refractivity contribution in [2.75, 3.05) is 6.54 Å². The Morgan fingerprint density at radius 1 is 1.28 bits per heavy atom. The van der Waals surface area contributed by atoms with Crippen LogP contribution in [0.4, 0.5) is 0 Å². The summed E-state index contributed by atoms with van der Waals surface area (Å²) in [5.74, 6) is 0. The van der Waals surface area contributed by atoms with Crippen LogP contribution in [-0.4, -0.2) is 12.1 Å². The summed E-state index contributed by atoms with van der Waals surface area (Å²) in [6.07, 6.45) is 2.87. The van der Waals surface area contributed by atoms with E-state index in [1.165, 1.54) is 16.5 Å². The predicted octanol–water partition coefficient (Wildman–Crippen LogP) is 4.43. The first kappa shape index (κ1) is 13.6. The molecule has 0 saturated heterocycles. The van der Waals surface area contributed by atoms with Crippen LogP contribution in [0.15, 0.2) is 27.3 Å². The molecular formula is C15H20BrNO. The molecule has 0 bridgehead atoms. The molecule has 0 amide bonds. The third-order valence-electron chi connectivity index (χ3n) is 2.95. The molecule has 0 fully saturated rings. The highest BCUT2D eigenvalue weighted by Crippen LogP contribution is 2.28. The van der Waals surface area contributed by atoms with E-state index in [-0.39, 0.29) is 5.54 Å². The second-order valence-corrected chi connectivity index (χ2v) is 6.70. The molecule has 1 aromatic heterocycles. The summed E-state index contributed by atoms with van der Waals surface area (Å²) in [4.78, 5) is 0. The normalized spacial score (nSPS) is 12.3. The molecule has 0 aliphatic rings. The molecule has 3 heteroatoms. The van der Waals surface area contributed by atoms with Gasteiger partial charge in [0.1, 0.15) is 5.58 Å². The zero-order chi connectivity index (χ0) is 13.3. The Labute approximate surface area is 117 Å². The van der Waals surface area contributed by atoms with Crippen LogP contribution >= 0.6 is 15.9 Å². The van der Waals surface area contributed by atoms with Crippen molar-refractivity contribution in [3.63, 3.8) is 0 Å². The quantitative estimate of drug-likeness (QED) is 0.907. The number of nitrogens with one attached hydrogen (secondary N) is 1. The van der Waals surface area contributed by atoms with E-state index in [1.807, 2.05) is 6.26 Å². The van der Waals surface area contributed by atoms with Gasteiger partial charge in [0.2, 0.25) is 0 Å². The van der Waals surface area contributed by atoms with E-state index >= 15 is 0 Å². The Morgan fingerprint density at radius 2 is 2.00 bits per heavy atom. The lowest BCUT2D eigenvalue weighted by molar-refractivity contribution is 0.429. The van der Waals surface area contributed by atoms with Gasteiger partial charge in [0, 0.05) is 15.4 Å². The largest absolute Gasteiger partial charge is 0.464 e. The maximum atomic E-state index is 5.67. The fourth-order valence-corrected chi connectivity index (χ4v) is 2.66. The van der Waals surface area contributed by atoms with Gasteiger partial charge < -0.3 is 9.73 Å². The van der Waals surface area contributed by atoms with Gasteiger partial charge >= 0.3 is 0 Å². The van der Waals surface area contributed by atoms with E-state index in [9.17, 15) is 0 Å². The second-order valence-electron chi connectivity index (χ2n) is 5.79. The smallest absolute Gasteiger partial charge is 0.137 e. The van der Waals surface area contributed by atoms with Crippen molar-refractivity contribution < 1.29 is 4.42 Å². The van der Waals surface area contributed by atoms with Gasteiger partial charge in [-0.2, -0.15) is 0 Å². The van der Waals surface area contributed by atoms with Crippen LogP contribution in [-0.2, 0) is 6.42 Å². The summed E-state index contributed by atoms with van der Waals surface area (Å²) in [6, 6.07) is 4.22. The molecule has 98 valence electrons. The fourth-order valence-electron chi connectivity index (χ4n) is 2.08. The van der Waals surface area contributed by atoms with Crippen molar-refractivity contribution in [3.8, 4) is 0 Å². The maximum absolute atomic E-state index is 5.67. The number of hydrogen-bond acceptors (Lipinski definition) is 2. The highest BCUT2D eigenvalue weighted by atomic mass is 79.9. The van der Waals surface area contributed by atoms with Crippen molar-refractivity contribution in [2.24, 2.45) is 0 Å².